The number of aromatic amines is 1. The number of hydrogen-bond acceptors (Lipinski definition) is 4. The van der Waals surface area contributed by atoms with Crippen molar-refractivity contribution >= 4 is 10.9 Å². The van der Waals surface area contributed by atoms with Crippen LogP contribution < -0.4 is 14.9 Å². The number of nitrogens with zero attached hydrogens (tertiary/aromatic N) is 1. The molecule has 1 aromatic carbocycles. The maximum absolute atomic E-state index is 12.5. The predicted molar refractivity (Wildman–Crippen MR) is 71.7 cm³/mol. The predicted octanol–water partition coefficient (Wildman–Crippen LogP) is 1.92. The smallest absolute Gasteiger partial charge is 0.197 e. The Morgan fingerprint density at radius 2 is 1.89 bits per heavy atom. The second kappa shape index (κ2) is 5.02. The lowest BCUT2D eigenvalue weighted by Gasteiger charge is -2.12. The third-order valence-corrected chi connectivity index (χ3v) is 3.09. The highest BCUT2D eigenvalue weighted by molar-refractivity contribution is 5.90. The number of rotatable bonds is 3. The number of benzene rings is 1. The van der Waals surface area contributed by atoms with Gasteiger partial charge in [-0.3, -0.25) is 4.79 Å². The standard InChI is InChI=1S/C14H14N2O3/c1-8-9(6-7-15)14(17)12-10(18-2)4-5-11(19-3)13(12)16-8/h4-5H,6H2,1-3H3,(H,16,17). The van der Waals surface area contributed by atoms with Crippen molar-refractivity contribution in [1.82, 2.24) is 4.98 Å². The Morgan fingerprint density at radius 1 is 1.26 bits per heavy atom. The van der Waals surface area contributed by atoms with Crippen LogP contribution in [0.25, 0.3) is 10.9 Å². The van der Waals surface area contributed by atoms with Gasteiger partial charge >= 0.3 is 0 Å². The Hall–Kier alpha value is -2.48. The highest BCUT2D eigenvalue weighted by atomic mass is 16.5. The Labute approximate surface area is 110 Å². The molecule has 0 spiro atoms. The first kappa shape index (κ1) is 13.0. The van der Waals surface area contributed by atoms with Gasteiger partial charge in [0.2, 0.25) is 0 Å². The first-order valence-corrected chi connectivity index (χ1v) is 5.77. The number of aryl methyl sites for hydroxylation is 1. The Morgan fingerprint density at radius 3 is 2.47 bits per heavy atom. The molecule has 0 saturated heterocycles. The third kappa shape index (κ3) is 2.02. The van der Waals surface area contributed by atoms with E-state index in [0.29, 0.717) is 33.7 Å². The molecule has 0 bridgehead atoms. The van der Waals surface area contributed by atoms with Crippen molar-refractivity contribution in [3.05, 3.63) is 33.6 Å². The highest BCUT2D eigenvalue weighted by Crippen LogP contribution is 2.30. The lowest BCUT2D eigenvalue weighted by molar-refractivity contribution is 0.409. The summed E-state index contributed by atoms with van der Waals surface area (Å²) in [6, 6.07) is 5.42. The van der Waals surface area contributed by atoms with Crippen molar-refractivity contribution in [3.8, 4) is 17.6 Å². The number of methoxy groups -OCH3 is 2. The van der Waals surface area contributed by atoms with E-state index >= 15 is 0 Å². The molecule has 0 aliphatic rings. The molecule has 98 valence electrons. The van der Waals surface area contributed by atoms with Crippen LogP contribution in [0.3, 0.4) is 0 Å². The minimum absolute atomic E-state index is 0.0669. The fourth-order valence-electron chi connectivity index (χ4n) is 2.13. The normalized spacial score (nSPS) is 10.2. The summed E-state index contributed by atoms with van der Waals surface area (Å²) >= 11 is 0. The largest absolute Gasteiger partial charge is 0.496 e. The van der Waals surface area contributed by atoms with Gasteiger partial charge in [-0.2, -0.15) is 5.26 Å². The molecule has 5 nitrogen and oxygen atoms in total. The van der Waals surface area contributed by atoms with Crippen LogP contribution in [0, 0.1) is 18.3 Å². The van der Waals surface area contributed by atoms with E-state index < -0.39 is 0 Å². The number of nitriles is 1. The molecule has 5 heteroatoms. The number of H-pyrrole nitrogens is 1. The topological polar surface area (TPSA) is 75.1 Å². The van der Waals surface area contributed by atoms with Crippen molar-refractivity contribution in [2.45, 2.75) is 13.3 Å². The summed E-state index contributed by atoms with van der Waals surface area (Å²) in [6.45, 7) is 1.77. The van der Waals surface area contributed by atoms with E-state index in [0.717, 1.165) is 0 Å². The Balaban J connectivity index is 2.95. The molecule has 0 atom stereocenters. The van der Waals surface area contributed by atoms with Gasteiger partial charge < -0.3 is 14.5 Å². The van der Waals surface area contributed by atoms with Crippen LogP contribution in [-0.2, 0) is 6.42 Å². The molecule has 0 amide bonds. The van der Waals surface area contributed by atoms with Gasteiger partial charge in [-0.1, -0.05) is 0 Å². The highest BCUT2D eigenvalue weighted by Gasteiger charge is 2.16. The summed E-state index contributed by atoms with van der Waals surface area (Å²) < 4.78 is 10.5. The molecule has 0 aliphatic heterocycles. The molecule has 1 heterocycles. The van der Waals surface area contributed by atoms with Crippen LogP contribution in [-0.4, -0.2) is 19.2 Å². The zero-order valence-electron chi connectivity index (χ0n) is 11.0. The van der Waals surface area contributed by atoms with Crippen molar-refractivity contribution in [3.63, 3.8) is 0 Å². The van der Waals surface area contributed by atoms with Gasteiger partial charge in [-0.25, -0.2) is 0 Å². The molecule has 1 N–H and O–H groups in total. The van der Waals surface area contributed by atoms with Gasteiger partial charge in [-0.15, -0.1) is 0 Å². The number of nitrogens with one attached hydrogen (secondary N) is 1. The third-order valence-electron chi connectivity index (χ3n) is 3.09. The van der Waals surface area contributed by atoms with Crippen LogP contribution in [0.1, 0.15) is 11.3 Å². The van der Waals surface area contributed by atoms with E-state index in [-0.39, 0.29) is 11.8 Å². The summed E-state index contributed by atoms with van der Waals surface area (Å²) in [5.74, 6) is 1.04. The van der Waals surface area contributed by atoms with E-state index in [4.69, 9.17) is 14.7 Å². The average molecular weight is 258 g/mol. The number of pyridine rings is 1. The average Bonchev–Trinajstić information content (AvgIpc) is 2.42. The first-order chi connectivity index (χ1) is 9.13. The lowest BCUT2D eigenvalue weighted by atomic mass is 10.1. The molecular weight excluding hydrogens is 244 g/mol. The fraction of sp³-hybridized carbons (Fsp3) is 0.286. The van der Waals surface area contributed by atoms with Crippen molar-refractivity contribution < 1.29 is 9.47 Å². The van der Waals surface area contributed by atoms with Gasteiger partial charge in [0, 0.05) is 11.3 Å². The summed E-state index contributed by atoms with van der Waals surface area (Å²) in [4.78, 5) is 15.6. The number of ether oxygens (including phenoxy) is 2. The molecule has 0 unspecified atom stereocenters. The van der Waals surface area contributed by atoms with Crippen molar-refractivity contribution in [2.24, 2.45) is 0 Å². The van der Waals surface area contributed by atoms with E-state index in [1.165, 1.54) is 14.2 Å². The lowest BCUT2D eigenvalue weighted by Crippen LogP contribution is -2.14. The van der Waals surface area contributed by atoms with Gasteiger partial charge in [0.25, 0.3) is 0 Å². The van der Waals surface area contributed by atoms with Gasteiger partial charge in [-0.05, 0) is 19.1 Å². The van der Waals surface area contributed by atoms with Crippen molar-refractivity contribution in [2.75, 3.05) is 14.2 Å². The molecule has 0 aliphatic carbocycles. The zero-order valence-corrected chi connectivity index (χ0v) is 11.0. The second-order valence-corrected chi connectivity index (χ2v) is 4.11. The zero-order chi connectivity index (χ0) is 14.0. The Kier molecular flexibility index (Phi) is 3.43. The SMILES string of the molecule is COc1ccc(OC)c2c(=O)c(CC#N)c(C)[nH]c12. The van der Waals surface area contributed by atoms with Crippen LogP contribution >= 0.6 is 0 Å². The quantitative estimate of drug-likeness (QED) is 0.912. The van der Waals surface area contributed by atoms with E-state index in [2.05, 4.69) is 4.98 Å². The maximum Gasteiger partial charge on any atom is 0.197 e. The van der Waals surface area contributed by atoms with E-state index in [9.17, 15) is 4.79 Å². The summed E-state index contributed by atoms with van der Waals surface area (Å²) in [5.41, 5.74) is 1.53. The van der Waals surface area contributed by atoms with Gasteiger partial charge in [0.15, 0.2) is 5.43 Å². The minimum Gasteiger partial charge on any atom is -0.496 e. The molecule has 19 heavy (non-hydrogen) atoms. The molecular formula is C14H14N2O3. The fourth-order valence-corrected chi connectivity index (χ4v) is 2.13. The first-order valence-electron chi connectivity index (χ1n) is 5.77. The number of hydrogen-bond donors (Lipinski definition) is 1. The van der Waals surface area contributed by atoms with Crippen molar-refractivity contribution in [1.29, 1.82) is 5.26 Å². The summed E-state index contributed by atoms with van der Waals surface area (Å²) in [7, 11) is 3.04. The second-order valence-electron chi connectivity index (χ2n) is 4.11. The minimum atomic E-state index is -0.191. The van der Waals surface area contributed by atoms with Gasteiger partial charge in [0.1, 0.15) is 11.5 Å². The van der Waals surface area contributed by atoms with Crippen LogP contribution in [0.5, 0.6) is 11.5 Å². The molecule has 2 rings (SSSR count). The Bertz CT molecular complexity index is 726. The number of aromatic nitrogens is 1. The van der Waals surface area contributed by atoms with E-state index in [1.54, 1.807) is 19.1 Å². The van der Waals surface area contributed by atoms with Crippen LogP contribution in [0.4, 0.5) is 0 Å². The molecule has 2 aromatic rings. The number of fused-ring (bicyclic) bond motifs is 1. The van der Waals surface area contributed by atoms with Crippen LogP contribution in [0.15, 0.2) is 16.9 Å². The van der Waals surface area contributed by atoms with Gasteiger partial charge in [0.05, 0.1) is 37.6 Å². The summed E-state index contributed by atoms with van der Waals surface area (Å²) in [5, 5.41) is 9.22. The van der Waals surface area contributed by atoms with E-state index in [1.807, 2.05) is 6.07 Å². The molecule has 0 saturated carbocycles. The maximum atomic E-state index is 12.5. The molecule has 0 radical (unpaired) electrons. The van der Waals surface area contributed by atoms with Crippen LogP contribution in [0.2, 0.25) is 0 Å². The summed E-state index contributed by atoms with van der Waals surface area (Å²) in [6.07, 6.45) is 0.0669. The monoisotopic (exact) mass is 258 g/mol. The molecule has 0 fully saturated rings. The molecule has 1 aromatic heterocycles.